The smallest absolute Gasteiger partial charge is 0.225 e. The SMILES string of the molecule is Cc1ccccc1-c1n(C)c2cc(F)ccc2[n+]1-c1c(C)cccc1C. The van der Waals surface area contributed by atoms with E-state index >= 15 is 0 Å². The van der Waals surface area contributed by atoms with E-state index in [9.17, 15) is 4.39 Å². The predicted octanol–water partition coefficient (Wildman–Crippen LogP) is 5.19. The van der Waals surface area contributed by atoms with Crippen LogP contribution < -0.4 is 4.57 Å². The highest BCUT2D eigenvalue weighted by molar-refractivity contribution is 5.78. The summed E-state index contributed by atoms with van der Waals surface area (Å²) in [7, 11) is 2.01. The second-order valence-electron chi connectivity index (χ2n) is 6.91. The first-order valence-electron chi connectivity index (χ1n) is 8.81. The van der Waals surface area contributed by atoms with E-state index in [1.807, 2.05) is 19.2 Å². The van der Waals surface area contributed by atoms with Crippen LogP contribution in [0.3, 0.4) is 0 Å². The topological polar surface area (TPSA) is 8.81 Å². The largest absolute Gasteiger partial charge is 0.295 e. The van der Waals surface area contributed by atoms with Crippen LogP contribution in [0.15, 0.2) is 60.7 Å². The molecule has 0 unspecified atom stereocenters. The van der Waals surface area contributed by atoms with Crippen LogP contribution in [0.5, 0.6) is 0 Å². The normalized spacial score (nSPS) is 11.3. The van der Waals surface area contributed by atoms with E-state index < -0.39 is 0 Å². The monoisotopic (exact) mass is 345 g/mol. The van der Waals surface area contributed by atoms with Gasteiger partial charge in [-0.25, -0.2) is 8.96 Å². The molecular weight excluding hydrogens is 323 g/mol. The molecule has 0 aliphatic heterocycles. The minimum absolute atomic E-state index is 0.219. The Bertz CT molecular complexity index is 1120. The van der Waals surface area contributed by atoms with Crippen molar-refractivity contribution in [2.45, 2.75) is 20.8 Å². The molecule has 0 N–H and O–H groups in total. The Morgan fingerprint density at radius 1 is 0.808 bits per heavy atom. The fourth-order valence-corrected chi connectivity index (χ4v) is 3.84. The lowest BCUT2D eigenvalue weighted by Crippen LogP contribution is -2.35. The Morgan fingerprint density at radius 3 is 2.15 bits per heavy atom. The molecule has 1 aromatic heterocycles. The Labute approximate surface area is 153 Å². The highest BCUT2D eigenvalue weighted by Gasteiger charge is 2.28. The molecular formula is C23H22FN2+. The number of hydrogen-bond donors (Lipinski definition) is 0. The number of benzene rings is 3. The van der Waals surface area contributed by atoms with Gasteiger partial charge in [-0.15, -0.1) is 0 Å². The lowest BCUT2D eigenvalue weighted by molar-refractivity contribution is -0.556. The standard InChI is InChI=1S/C23H22FN2/c1-15-8-5-6-11-19(15)23-25(4)21-14-18(24)12-13-20(21)26(23)22-16(2)9-7-10-17(22)3/h5-14H,1-4H3/q+1. The molecule has 0 saturated heterocycles. The van der Waals surface area contributed by atoms with Crippen LogP contribution >= 0.6 is 0 Å². The molecule has 2 nitrogen and oxygen atoms in total. The first-order chi connectivity index (χ1) is 12.5. The van der Waals surface area contributed by atoms with E-state index in [1.165, 1.54) is 22.8 Å². The summed E-state index contributed by atoms with van der Waals surface area (Å²) >= 11 is 0. The van der Waals surface area contributed by atoms with E-state index in [0.29, 0.717) is 0 Å². The van der Waals surface area contributed by atoms with Gasteiger partial charge in [-0.2, -0.15) is 4.57 Å². The van der Waals surface area contributed by atoms with Gasteiger partial charge < -0.3 is 0 Å². The fourth-order valence-electron chi connectivity index (χ4n) is 3.84. The van der Waals surface area contributed by atoms with Crippen molar-refractivity contribution in [1.29, 1.82) is 0 Å². The van der Waals surface area contributed by atoms with Crippen molar-refractivity contribution in [2.24, 2.45) is 7.05 Å². The average Bonchev–Trinajstić information content (AvgIpc) is 2.88. The third-order valence-electron chi connectivity index (χ3n) is 5.12. The number of aryl methyl sites for hydroxylation is 4. The maximum atomic E-state index is 14.0. The van der Waals surface area contributed by atoms with Crippen LogP contribution in [0.25, 0.3) is 28.1 Å². The van der Waals surface area contributed by atoms with E-state index in [4.69, 9.17) is 0 Å². The average molecular weight is 345 g/mol. The summed E-state index contributed by atoms with van der Waals surface area (Å²) in [6.07, 6.45) is 0. The zero-order chi connectivity index (χ0) is 18.4. The van der Waals surface area contributed by atoms with Crippen LogP contribution in [0.2, 0.25) is 0 Å². The van der Waals surface area contributed by atoms with Crippen molar-refractivity contribution in [2.75, 3.05) is 0 Å². The number of imidazole rings is 1. The molecule has 0 atom stereocenters. The van der Waals surface area contributed by atoms with Crippen molar-refractivity contribution in [1.82, 2.24) is 4.57 Å². The highest BCUT2D eigenvalue weighted by atomic mass is 19.1. The molecule has 0 fully saturated rings. The Hall–Kier alpha value is -2.94. The highest BCUT2D eigenvalue weighted by Crippen LogP contribution is 2.28. The minimum atomic E-state index is -0.219. The van der Waals surface area contributed by atoms with Gasteiger partial charge in [-0.05, 0) is 55.7 Å². The third-order valence-corrected chi connectivity index (χ3v) is 5.12. The van der Waals surface area contributed by atoms with Gasteiger partial charge in [0.25, 0.3) is 5.82 Å². The Kier molecular flexibility index (Phi) is 3.87. The predicted molar refractivity (Wildman–Crippen MR) is 104 cm³/mol. The summed E-state index contributed by atoms with van der Waals surface area (Å²) < 4.78 is 18.3. The van der Waals surface area contributed by atoms with Crippen LogP contribution in [0.1, 0.15) is 16.7 Å². The molecule has 0 spiro atoms. The van der Waals surface area contributed by atoms with E-state index in [-0.39, 0.29) is 5.82 Å². The lowest BCUT2D eigenvalue weighted by atomic mass is 10.1. The first-order valence-corrected chi connectivity index (χ1v) is 8.81. The van der Waals surface area contributed by atoms with Gasteiger partial charge in [0.2, 0.25) is 0 Å². The van der Waals surface area contributed by atoms with Crippen molar-refractivity contribution >= 4 is 11.0 Å². The van der Waals surface area contributed by atoms with Gasteiger partial charge >= 0.3 is 0 Å². The van der Waals surface area contributed by atoms with Crippen molar-refractivity contribution in [3.63, 3.8) is 0 Å². The fraction of sp³-hybridized carbons (Fsp3) is 0.174. The number of rotatable bonds is 2. The van der Waals surface area contributed by atoms with Gasteiger partial charge in [0.15, 0.2) is 11.0 Å². The molecule has 3 heteroatoms. The number of hydrogen-bond acceptors (Lipinski definition) is 0. The maximum Gasteiger partial charge on any atom is 0.295 e. The Morgan fingerprint density at radius 2 is 1.46 bits per heavy atom. The molecule has 3 aromatic carbocycles. The molecule has 4 aromatic rings. The number of fused-ring (bicyclic) bond motifs is 1. The Balaban J connectivity index is 2.22. The van der Waals surface area contributed by atoms with Crippen LogP contribution in [0, 0.1) is 26.6 Å². The molecule has 0 bridgehead atoms. The summed E-state index contributed by atoms with van der Waals surface area (Å²) in [5.41, 5.74) is 7.77. The molecule has 0 radical (unpaired) electrons. The molecule has 0 amide bonds. The molecule has 4 rings (SSSR count). The molecule has 0 aliphatic carbocycles. The molecule has 130 valence electrons. The lowest BCUT2D eigenvalue weighted by Gasteiger charge is -2.10. The van der Waals surface area contributed by atoms with Gasteiger partial charge in [-0.3, -0.25) is 0 Å². The van der Waals surface area contributed by atoms with Crippen LogP contribution in [0.4, 0.5) is 4.39 Å². The van der Waals surface area contributed by atoms with E-state index in [0.717, 1.165) is 28.1 Å². The molecule has 0 aliphatic rings. The zero-order valence-electron chi connectivity index (χ0n) is 15.5. The van der Waals surface area contributed by atoms with Crippen molar-refractivity contribution in [3.8, 4) is 17.1 Å². The summed E-state index contributed by atoms with van der Waals surface area (Å²) in [4.78, 5) is 0. The number of aromatic nitrogens is 2. The summed E-state index contributed by atoms with van der Waals surface area (Å²) in [5, 5.41) is 0. The minimum Gasteiger partial charge on any atom is -0.225 e. The van der Waals surface area contributed by atoms with Crippen LogP contribution in [-0.2, 0) is 7.05 Å². The third kappa shape index (κ3) is 2.43. The number of para-hydroxylation sites is 1. The maximum absolute atomic E-state index is 14.0. The quantitative estimate of drug-likeness (QED) is 0.442. The van der Waals surface area contributed by atoms with Crippen molar-refractivity contribution < 1.29 is 8.96 Å². The van der Waals surface area contributed by atoms with Gasteiger partial charge in [0.1, 0.15) is 11.5 Å². The second kappa shape index (κ2) is 6.10. The molecule has 1 heterocycles. The molecule has 0 saturated carbocycles. The summed E-state index contributed by atoms with van der Waals surface area (Å²) in [6, 6.07) is 19.7. The van der Waals surface area contributed by atoms with E-state index in [1.54, 1.807) is 6.07 Å². The zero-order valence-corrected chi connectivity index (χ0v) is 15.5. The number of halogens is 1. The van der Waals surface area contributed by atoms with Crippen LogP contribution in [-0.4, -0.2) is 4.57 Å². The molecule has 26 heavy (non-hydrogen) atoms. The van der Waals surface area contributed by atoms with E-state index in [2.05, 4.69) is 66.3 Å². The van der Waals surface area contributed by atoms with Crippen molar-refractivity contribution in [3.05, 3.63) is 83.2 Å². The van der Waals surface area contributed by atoms with Gasteiger partial charge in [0.05, 0.1) is 12.6 Å². The van der Waals surface area contributed by atoms with Gasteiger partial charge in [0, 0.05) is 6.07 Å². The second-order valence-corrected chi connectivity index (χ2v) is 6.91. The first kappa shape index (κ1) is 16.5. The van der Waals surface area contributed by atoms with Gasteiger partial charge in [-0.1, -0.05) is 36.4 Å². The summed E-state index contributed by atoms with van der Waals surface area (Å²) in [6.45, 7) is 6.36. The number of nitrogens with zero attached hydrogens (tertiary/aromatic N) is 2. The summed E-state index contributed by atoms with van der Waals surface area (Å²) in [5.74, 6) is 0.837.